The number of benzene rings is 2. The molecule has 0 aromatic heterocycles. The van der Waals surface area contributed by atoms with Gasteiger partial charge in [0.05, 0.1) is 5.02 Å². The predicted molar refractivity (Wildman–Crippen MR) is 93.1 cm³/mol. The lowest BCUT2D eigenvalue weighted by molar-refractivity contribution is 0.459. The third-order valence-electron chi connectivity index (χ3n) is 4.53. The molecule has 2 aromatic rings. The van der Waals surface area contributed by atoms with Gasteiger partial charge in [0.2, 0.25) is 0 Å². The molecule has 1 N–H and O–H groups in total. The molecule has 0 bridgehead atoms. The summed E-state index contributed by atoms with van der Waals surface area (Å²) in [4.78, 5) is 2.35. The lowest BCUT2D eigenvalue weighted by Crippen LogP contribution is -2.23. The van der Waals surface area contributed by atoms with Crippen LogP contribution in [-0.2, 0) is 0 Å². The van der Waals surface area contributed by atoms with Crippen LogP contribution >= 0.6 is 11.6 Å². The van der Waals surface area contributed by atoms with Crippen LogP contribution < -0.4 is 4.90 Å². The van der Waals surface area contributed by atoms with E-state index in [0.717, 1.165) is 25.6 Å². The van der Waals surface area contributed by atoms with Gasteiger partial charge >= 0.3 is 0 Å². The Morgan fingerprint density at radius 2 is 2.00 bits per heavy atom. The topological polar surface area (TPSA) is 23.5 Å². The first-order valence-electron chi connectivity index (χ1n) is 8.13. The number of para-hydroxylation sites is 1. The van der Waals surface area contributed by atoms with Crippen LogP contribution in [0, 0.1) is 5.82 Å². The maximum Gasteiger partial charge on any atom is 0.145 e. The average Bonchev–Trinajstić information content (AvgIpc) is 2.90. The van der Waals surface area contributed by atoms with E-state index in [4.69, 9.17) is 11.6 Å². The van der Waals surface area contributed by atoms with E-state index in [-0.39, 0.29) is 16.7 Å². The first-order chi connectivity index (χ1) is 11.1. The van der Waals surface area contributed by atoms with Gasteiger partial charge in [-0.3, -0.25) is 0 Å². The van der Waals surface area contributed by atoms with Crippen molar-refractivity contribution >= 4 is 17.3 Å². The molecule has 1 heterocycles. The number of aromatic hydroxyl groups is 1. The van der Waals surface area contributed by atoms with Crippen LogP contribution in [0.2, 0.25) is 5.02 Å². The summed E-state index contributed by atoms with van der Waals surface area (Å²) in [5.74, 6) is -0.591. The molecule has 1 aliphatic heterocycles. The van der Waals surface area contributed by atoms with E-state index in [9.17, 15) is 9.50 Å². The molecule has 0 saturated carbocycles. The number of unbranched alkanes of at least 4 members (excludes halogenated alkanes) is 2. The molecule has 23 heavy (non-hydrogen) atoms. The summed E-state index contributed by atoms with van der Waals surface area (Å²) in [6.45, 7) is 3.98. The van der Waals surface area contributed by atoms with Gasteiger partial charge in [0, 0.05) is 36.3 Å². The molecule has 1 unspecified atom stereocenters. The number of fused-ring (bicyclic) bond motifs is 1. The standard InChI is InChI=1S/C19H21ClFNO/c1-2-3-6-9-22-12-15(13-7-4-5-8-18(13)22)14-10-16(20)17(21)11-19(14)23/h4-5,7-8,10-11,15,23H,2-3,6,9,12H2,1H3. The van der Waals surface area contributed by atoms with Crippen molar-refractivity contribution in [1.82, 2.24) is 0 Å². The maximum absolute atomic E-state index is 13.5. The highest BCUT2D eigenvalue weighted by molar-refractivity contribution is 6.30. The van der Waals surface area contributed by atoms with Crippen molar-refractivity contribution in [3.8, 4) is 5.75 Å². The van der Waals surface area contributed by atoms with Crippen molar-refractivity contribution in [1.29, 1.82) is 0 Å². The normalized spacial score (nSPS) is 16.7. The molecule has 0 fully saturated rings. The van der Waals surface area contributed by atoms with Gasteiger partial charge in [-0.1, -0.05) is 49.6 Å². The van der Waals surface area contributed by atoms with E-state index in [1.165, 1.54) is 24.1 Å². The van der Waals surface area contributed by atoms with Gasteiger partial charge in [0.25, 0.3) is 0 Å². The smallest absolute Gasteiger partial charge is 0.145 e. The zero-order valence-corrected chi connectivity index (χ0v) is 14.0. The minimum atomic E-state index is -0.584. The van der Waals surface area contributed by atoms with Gasteiger partial charge < -0.3 is 10.0 Å². The number of hydrogen-bond acceptors (Lipinski definition) is 2. The molecule has 0 aliphatic carbocycles. The summed E-state index contributed by atoms with van der Waals surface area (Å²) < 4.78 is 13.5. The second kappa shape index (κ2) is 6.79. The van der Waals surface area contributed by atoms with Gasteiger partial charge in [-0.25, -0.2) is 4.39 Å². The molecular formula is C19H21ClFNO. The van der Waals surface area contributed by atoms with Crippen molar-refractivity contribution < 1.29 is 9.50 Å². The van der Waals surface area contributed by atoms with Crippen LogP contribution in [-0.4, -0.2) is 18.2 Å². The van der Waals surface area contributed by atoms with Crippen molar-refractivity contribution in [2.45, 2.75) is 32.1 Å². The Hall–Kier alpha value is -1.74. The number of halogens is 2. The summed E-state index contributed by atoms with van der Waals surface area (Å²) in [6.07, 6.45) is 3.54. The minimum Gasteiger partial charge on any atom is -0.508 e. The van der Waals surface area contributed by atoms with E-state index in [1.807, 2.05) is 12.1 Å². The summed E-state index contributed by atoms with van der Waals surface area (Å²) >= 11 is 5.93. The number of rotatable bonds is 5. The first kappa shape index (κ1) is 16.1. The fraction of sp³-hybridized carbons (Fsp3) is 0.368. The van der Waals surface area contributed by atoms with Gasteiger partial charge in [-0.05, 0) is 24.1 Å². The fourth-order valence-corrected chi connectivity index (χ4v) is 3.52. The quantitative estimate of drug-likeness (QED) is 0.748. The number of phenols is 1. The number of hydrogen-bond donors (Lipinski definition) is 1. The average molecular weight is 334 g/mol. The highest BCUT2D eigenvalue weighted by Crippen LogP contribution is 2.43. The molecule has 122 valence electrons. The highest BCUT2D eigenvalue weighted by Gasteiger charge is 2.31. The van der Waals surface area contributed by atoms with Crippen LogP contribution in [0.3, 0.4) is 0 Å². The molecule has 1 atom stereocenters. The summed E-state index contributed by atoms with van der Waals surface area (Å²) in [5, 5.41) is 10.2. The Kier molecular flexibility index (Phi) is 4.76. The molecule has 3 rings (SSSR count). The van der Waals surface area contributed by atoms with Crippen molar-refractivity contribution in [2.24, 2.45) is 0 Å². The Morgan fingerprint density at radius 1 is 1.22 bits per heavy atom. The molecular weight excluding hydrogens is 313 g/mol. The zero-order valence-electron chi connectivity index (χ0n) is 13.2. The second-order valence-electron chi connectivity index (χ2n) is 6.09. The van der Waals surface area contributed by atoms with E-state index >= 15 is 0 Å². The number of phenolic OH excluding ortho intramolecular Hbond substituents is 1. The second-order valence-corrected chi connectivity index (χ2v) is 6.50. The van der Waals surface area contributed by atoms with Gasteiger partial charge in [-0.15, -0.1) is 0 Å². The van der Waals surface area contributed by atoms with Crippen LogP contribution in [0.4, 0.5) is 10.1 Å². The molecule has 0 amide bonds. The minimum absolute atomic E-state index is 0.0194. The molecule has 4 heteroatoms. The van der Waals surface area contributed by atoms with Gasteiger partial charge in [0.15, 0.2) is 0 Å². The van der Waals surface area contributed by atoms with Gasteiger partial charge in [-0.2, -0.15) is 0 Å². The van der Waals surface area contributed by atoms with Crippen LogP contribution in [0.1, 0.15) is 43.2 Å². The summed E-state index contributed by atoms with van der Waals surface area (Å²) in [6, 6.07) is 10.9. The molecule has 2 nitrogen and oxygen atoms in total. The fourth-order valence-electron chi connectivity index (χ4n) is 3.35. The largest absolute Gasteiger partial charge is 0.508 e. The molecule has 0 radical (unpaired) electrons. The molecule has 0 spiro atoms. The Bertz CT molecular complexity index is 704. The lowest BCUT2D eigenvalue weighted by Gasteiger charge is -2.20. The Labute approximate surface area is 141 Å². The van der Waals surface area contributed by atoms with E-state index < -0.39 is 5.82 Å². The van der Waals surface area contributed by atoms with Crippen LogP contribution in [0.25, 0.3) is 0 Å². The van der Waals surface area contributed by atoms with Crippen LogP contribution in [0.5, 0.6) is 5.75 Å². The zero-order chi connectivity index (χ0) is 16.4. The Morgan fingerprint density at radius 3 is 2.78 bits per heavy atom. The number of anilines is 1. The molecule has 1 aliphatic rings. The molecule has 0 saturated heterocycles. The Balaban J connectivity index is 1.94. The summed E-state index contributed by atoms with van der Waals surface area (Å²) in [5.41, 5.74) is 3.07. The maximum atomic E-state index is 13.5. The third-order valence-corrected chi connectivity index (χ3v) is 4.82. The molecule has 2 aromatic carbocycles. The SMILES string of the molecule is CCCCCN1CC(c2cc(Cl)c(F)cc2O)c2ccccc21. The van der Waals surface area contributed by atoms with Crippen molar-refractivity contribution in [2.75, 3.05) is 18.0 Å². The highest BCUT2D eigenvalue weighted by atomic mass is 35.5. The predicted octanol–water partition coefficient (Wildman–Crippen LogP) is 5.33. The van der Waals surface area contributed by atoms with Crippen molar-refractivity contribution in [3.63, 3.8) is 0 Å². The first-order valence-corrected chi connectivity index (χ1v) is 8.51. The summed E-state index contributed by atoms with van der Waals surface area (Å²) in [7, 11) is 0. The van der Waals surface area contributed by atoms with E-state index in [2.05, 4.69) is 24.0 Å². The van der Waals surface area contributed by atoms with Crippen LogP contribution in [0.15, 0.2) is 36.4 Å². The van der Waals surface area contributed by atoms with Gasteiger partial charge in [0.1, 0.15) is 11.6 Å². The lowest BCUT2D eigenvalue weighted by atomic mass is 9.92. The van der Waals surface area contributed by atoms with Crippen molar-refractivity contribution in [3.05, 3.63) is 58.4 Å². The van der Waals surface area contributed by atoms with E-state index in [0.29, 0.717) is 5.56 Å². The monoisotopic (exact) mass is 333 g/mol. The van der Waals surface area contributed by atoms with E-state index in [1.54, 1.807) is 6.07 Å². The number of nitrogens with zero attached hydrogens (tertiary/aromatic N) is 1. The third kappa shape index (κ3) is 3.16.